The van der Waals surface area contributed by atoms with Crippen molar-refractivity contribution in [3.05, 3.63) is 0 Å². The molecule has 1 aliphatic heterocycles. The maximum absolute atomic E-state index is 11.4. The number of rotatable bonds is 4. The summed E-state index contributed by atoms with van der Waals surface area (Å²) in [5.41, 5.74) is -1.44. The molecule has 0 spiro atoms. The fraction of sp³-hybridized carbons (Fsp3) is 0.667. The molecule has 6 heteroatoms. The van der Waals surface area contributed by atoms with Crippen molar-refractivity contribution < 1.29 is 19.5 Å². The predicted molar refractivity (Wildman–Crippen MR) is 51.2 cm³/mol. The zero-order valence-corrected chi connectivity index (χ0v) is 8.74. The van der Waals surface area contributed by atoms with Crippen molar-refractivity contribution in [1.82, 2.24) is 10.2 Å². The molecule has 0 aromatic heterocycles. The lowest BCUT2D eigenvalue weighted by molar-refractivity contribution is -0.153. The molecule has 0 aromatic carbocycles. The van der Waals surface area contributed by atoms with Crippen LogP contribution in [0.4, 0.5) is 4.79 Å². The number of imide groups is 1. The molecule has 1 unspecified atom stereocenters. The molecule has 6 nitrogen and oxygen atoms in total. The smallest absolute Gasteiger partial charge is 0.329 e. The van der Waals surface area contributed by atoms with Crippen molar-refractivity contribution >= 4 is 17.9 Å². The Balaban J connectivity index is 3.03. The van der Waals surface area contributed by atoms with E-state index in [-0.39, 0.29) is 13.0 Å². The summed E-state index contributed by atoms with van der Waals surface area (Å²) in [6.07, 6.45) is 0.835. The molecule has 1 rings (SSSR count). The normalized spacial score (nSPS) is 20.0. The Morgan fingerprint density at radius 3 is 2.53 bits per heavy atom. The summed E-state index contributed by atoms with van der Waals surface area (Å²) in [6.45, 7) is 3.08. The fourth-order valence-electron chi connectivity index (χ4n) is 1.72. The van der Waals surface area contributed by atoms with Crippen LogP contribution in [0.15, 0.2) is 0 Å². The molecule has 0 saturated carbocycles. The van der Waals surface area contributed by atoms with Crippen molar-refractivity contribution in [1.29, 1.82) is 0 Å². The highest BCUT2D eigenvalue weighted by Crippen LogP contribution is 2.24. The van der Waals surface area contributed by atoms with Gasteiger partial charge < -0.3 is 10.4 Å². The number of carboxylic acid groups (broad SMARTS) is 1. The molecule has 1 saturated heterocycles. The molecule has 2 N–H and O–H groups in total. The van der Waals surface area contributed by atoms with E-state index >= 15 is 0 Å². The Bertz CT molecular complexity index is 299. The second kappa shape index (κ2) is 3.88. The van der Waals surface area contributed by atoms with Gasteiger partial charge in [-0.2, -0.15) is 0 Å². The Hall–Kier alpha value is -1.59. The third-order valence-corrected chi connectivity index (χ3v) is 2.53. The number of carbonyl (C=O) groups excluding carboxylic acids is 2. The molecule has 1 aliphatic rings. The zero-order chi connectivity index (χ0) is 11.6. The van der Waals surface area contributed by atoms with Gasteiger partial charge in [0, 0.05) is 0 Å². The van der Waals surface area contributed by atoms with Gasteiger partial charge in [0.15, 0.2) is 0 Å². The Morgan fingerprint density at radius 2 is 2.20 bits per heavy atom. The monoisotopic (exact) mass is 214 g/mol. The number of amides is 3. The fourth-order valence-corrected chi connectivity index (χ4v) is 1.72. The molecular formula is C9H14N2O4. The van der Waals surface area contributed by atoms with Crippen molar-refractivity contribution in [2.24, 2.45) is 0 Å². The van der Waals surface area contributed by atoms with Crippen LogP contribution in [-0.2, 0) is 9.59 Å². The van der Waals surface area contributed by atoms with Gasteiger partial charge in [-0.15, -0.1) is 0 Å². The van der Waals surface area contributed by atoms with E-state index in [4.69, 9.17) is 5.11 Å². The number of aliphatic carboxylic acids is 1. The number of hydrogen-bond acceptors (Lipinski definition) is 3. The van der Waals surface area contributed by atoms with E-state index in [9.17, 15) is 14.4 Å². The predicted octanol–water partition coefficient (Wildman–Crippen LogP) is 0.182. The first kappa shape index (κ1) is 11.5. The maximum atomic E-state index is 11.4. The van der Waals surface area contributed by atoms with Gasteiger partial charge in [0.05, 0.1) is 6.54 Å². The van der Waals surface area contributed by atoms with E-state index in [1.54, 1.807) is 6.92 Å². The Labute approximate surface area is 87.2 Å². The second-order valence-electron chi connectivity index (χ2n) is 3.72. The molecule has 84 valence electrons. The van der Waals surface area contributed by atoms with Crippen LogP contribution in [0.2, 0.25) is 0 Å². The summed E-state index contributed by atoms with van der Waals surface area (Å²) in [6, 6.07) is -0.627. The van der Waals surface area contributed by atoms with Crippen molar-refractivity contribution in [3.8, 4) is 0 Å². The topological polar surface area (TPSA) is 86.7 Å². The number of urea groups is 1. The highest BCUT2D eigenvalue weighted by Gasteiger charge is 2.47. The lowest BCUT2D eigenvalue weighted by Gasteiger charge is -2.31. The molecule has 3 amide bonds. The van der Waals surface area contributed by atoms with Gasteiger partial charge in [0.25, 0.3) is 5.91 Å². The van der Waals surface area contributed by atoms with E-state index in [1.165, 1.54) is 6.92 Å². The first-order valence-corrected chi connectivity index (χ1v) is 4.77. The number of carboxylic acids is 1. The molecule has 0 radical (unpaired) electrons. The van der Waals surface area contributed by atoms with Crippen LogP contribution < -0.4 is 5.32 Å². The van der Waals surface area contributed by atoms with Gasteiger partial charge >= 0.3 is 12.0 Å². The van der Waals surface area contributed by atoms with E-state index in [0.29, 0.717) is 6.42 Å². The number of hydrogen-bond donors (Lipinski definition) is 2. The van der Waals surface area contributed by atoms with Crippen molar-refractivity contribution in [2.45, 2.75) is 32.2 Å². The Morgan fingerprint density at radius 1 is 1.60 bits per heavy atom. The third kappa shape index (κ3) is 1.79. The summed E-state index contributed by atoms with van der Waals surface area (Å²) >= 11 is 0. The van der Waals surface area contributed by atoms with Gasteiger partial charge in [0.1, 0.15) is 5.54 Å². The van der Waals surface area contributed by atoms with E-state index < -0.39 is 23.4 Å². The summed E-state index contributed by atoms with van der Waals surface area (Å²) in [5.74, 6) is -1.65. The SMILES string of the molecule is CCCC(C)(C(=O)O)N1C(=O)CNC1=O. The minimum absolute atomic E-state index is 0.120. The van der Waals surface area contributed by atoms with Gasteiger partial charge in [-0.25, -0.2) is 14.5 Å². The molecule has 1 heterocycles. The van der Waals surface area contributed by atoms with E-state index in [2.05, 4.69) is 5.32 Å². The maximum Gasteiger partial charge on any atom is 0.329 e. The molecule has 0 bridgehead atoms. The highest BCUT2D eigenvalue weighted by atomic mass is 16.4. The first-order chi connectivity index (χ1) is 6.93. The summed E-state index contributed by atoms with van der Waals surface area (Å²) < 4.78 is 0. The summed E-state index contributed by atoms with van der Waals surface area (Å²) in [4.78, 5) is 34.7. The lowest BCUT2D eigenvalue weighted by Crippen LogP contribution is -2.55. The van der Waals surface area contributed by atoms with Crippen molar-refractivity contribution in [3.63, 3.8) is 0 Å². The van der Waals surface area contributed by atoms with Crippen LogP contribution >= 0.6 is 0 Å². The summed E-state index contributed by atoms with van der Waals surface area (Å²) in [5, 5.41) is 11.4. The van der Waals surface area contributed by atoms with Crippen LogP contribution in [0.5, 0.6) is 0 Å². The van der Waals surface area contributed by atoms with Crippen LogP contribution in [0.3, 0.4) is 0 Å². The summed E-state index contributed by atoms with van der Waals surface area (Å²) in [7, 11) is 0. The lowest BCUT2D eigenvalue weighted by atomic mass is 9.94. The third-order valence-electron chi connectivity index (χ3n) is 2.53. The molecule has 15 heavy (non-hydrogen) atoms. The number of nitrogens with one attached hydrogen (secondary N) is 1. The Kier molecular flexibility index (Phi) is 2.97. The van der Waals surface area contributed by atoms with Gasteiger partial charge in [0.2, 0.25) is 0 Å². The van der Waals surface area contributed by atoms with Crippen molar-refractivity contribution in [2.75, 3.05) is 6.54 Å². The average Bonchev–Trinajstić information content (AvgIpc) is 2.46. The number of nitrogens with zero attached hydrogens (tertiary/aromatic N) is 1. The first-order valence-electron chi connectivity index (χ1n) is 4.77. The largest absolute Gasteiger partial charge is 0.479 e. The van der Waals surface area contributed by atoms with Gasteiger partial charge in [-0.1, -0.05) is 13.3 Å². The zero-order valence-electron chi connectivity index (χ0n) is 8.74. The quantitative estimate of drug-likeness (QED) is 0.653. The molecular weight excluding hydrogens is 200 g/mol. The standard InChI is InChI=1S/C9H14N2O4/c1-3-4-9(2,7(13)14)11-6(12)5-10-8(11)15/h3-5H2,1-2H3,(H,10,15)(H,13,14). The van der Waals surface area contributed by atoms with Crippen LogP contribution in [0, 0.1) is 0 Å². The van der Waals surface area contributed by atoms with Crippen LogP contribution in [0.25, 0.3) is 0 Å². The average molecular weight is 214 g/mol. The van der Waals surface area contributed by atoms with Gasteiger partial charge in [-0.3, -0.25) is 4.79 Å². The van der Waals surface area contributed by atoms with Crippen LogP contribution in [-0.4, -0.2) is 40.0 Å². The minimum atomic E-state index is -1.44. The van der Waals surface area contributed by atoms with Gasteiger partial charge in [-0.05, 0) is 13.3 Å². The van der Waals surface area contributed by atoms with E-state index in [0.717, 1.165) is 4.90 Å². The molecule has 1 fully saturated rings. The molecule has 0 aromatic rings. The number of carbonyl (C=O) groups is 3. The molecule has 0 aliphatic carbocycles. The second-order valence-corrected chi connectivity index (χ2v) is 3.72. The minimum Gasteiger partial charge on any atom is -0.479 e. The molecule has 1 atom stereocenters. The highest BCUT2D eigenvalue weighted by molar-refractivity contribution is 6.06. The van der Waals surface area contributed by atoms with Crippen LogP contribution in [0.1, 0.15) is 26.7 Å². The van der Waals surface area contributed by atoms with E-state index in [1.807, 2.05) is 0 Å².